The number of benzene rings is 2. The highest BCUT2D eigenvalue weighted by Crippen LogP contribution is 2.49. The maximum atomic E-state index is 13.1. The maximum Gasteiger partial charge on any atom is 0.246 e. The molecule has 3 rings (SSSR count). The summed E-state index contributed by atoms with van der Waals surface area (Å²) in [5.74, 6) is 0.0973. The number of carbonyl (C=O) groups is 2. The van der Waals surface area contributed by atoms with Crippen LogP contribution in [0.15, 0.2) is 42.5 Å². The van der Waals surface area contributed by atoms with E-state index in [2.05, 4.69) is 10.6 Å². The summed E-state index contributed by atoms with van der Waals surface area (Å²) in [7, 11) is 3.09. The van der Waals surface area contributed by atoms with Crippen molar-refractivity contribution in [3.05, 3.63) is 63.6 Å². The Morgan fingerprint density at radius 1 is 1.11 bits per heavy atom. The molecule has 0 bridgehead atoms. The van der Waals surface area contributed by atoms with Crippen molar-refractivity contribution in [3.63, 3.8) is 0 Å². The van der Waals surface area contributed by atoms with Crippen LogP contribution < -0.4 is 15.4 Å². The summed E-state index contributed by atoms with van der Waals surface area (Å²) in [6.45, 7) is 0. The summed E-state index contributed by atoms with van der Waals surface area (Å²) in [6.07, 6.45) is 1.38. The Balaban J connectivity index is 1.88. The molecule has 1 aliphatic carbocycles. The standard InChI is InChI=1S/C20H20Cl2N2O3/c1-23-18(25)17(12-4-3-5-14(10-12)27-2)24-19(26)20(8-9-20)13-6-7-15(21)16(22)11-13/h3-7,10-11,17H,8-9H2,1-2H3,(H,23,25)(H,24,26). The van der Waals surface area contributed by atoms with Gasteiger partial charge >= 0.3 is 0 Å². The Bertz CT molecular complexity index is 881. The molecule has 1 saturated carbocycles. The molecule has 2 aromatic rings. The number of nitrogens with one attached hydrogen (secondary N) is 2. The van der Waals surface area contributed by atoms with Crippen LogP contribution in [0.4, 0.5) is 0 Å². The van der Waals surface area contributed by atoms with Crippen molar-refractivity contribution in [2.75, 3.05) is 14.2 Å². The molecule has 27 heavy (non-hydrogen) atoms. The topological polar surface area (TPSA) is 67.4 Å². The van der Waals surface area contributed by atoms with E-state index in [-0.39, 0.29) is 11.8 Å². The zero-order valence-electron chi connectivity index (χ0n) is 15.0. The number of likely N-dealkylation sites (N-methyl/N-ethyl adjacent to an activating group) is 1. The summed E-state index contributed by atoms with van der Waals surface area (Å²) in [5, 5.41) is 6.34. The van der Waals surface area contributed by atoms with Crippen LogP contribution in [0.25, 0.3) is 0 Å². The van der Waals surface area contributed by atoms with Gasteiger partial charge in [-0.15, -0.1) is 0 Å². The van der Waals surface area contributed by atoms with Gasteiger partial charge in [-0.1, -0.05) is 41.4 Å². The zero-order chi connectivity index (χ0) is 19.6. The van der Waals surface area contributed by atoms with Crippen LogP contribution in [-0.4, -0.2) is 26.0 Å². The van der Waals surface area contributed by atoms with Crippen molar-refractivity contribution in [3.8, 4) is 5.75 Å². The van der Waals surface area contributed by atoms with Gasteiger partial charge in [0.15, 0.2) is 0 Å². The van der Waals surface area contributed by atoms with Crippen LogP contribution in [0.1, 0.15) is 30.0 Å². The Morgan fingerprint density at radius 2 is 1.85 bits per heavy atom. The minimum Gasteiger partial charge on any atom is -0.497 e. The first-order valence-electron chi connectivity index (χ1n) is 8.53. The highest BCUT2D eigenvalue weighted by Gasteiger charge is 2.52. The number of hydrogen-bond acceptors (Lipinski definition) is 3. The monoisotopic (exact) mass is 406 g/mol. The number of rotatable bonds is 6. The van der Waals surface area contributed by atoms with Gasteiger partial charge in [0.25, 0.3) is 0 Å². The molecule has 1 aliphatic rings. The summed E-state index contributed by atoms with van der Waals surface area (Å²) >= 11 is 12.1. The smallest absolute Gasteiger partial charge is 0.246 e. The number of hydrogen-bond donors (Lipinski definition) is 2. The number of carbonyl (C=O) groups excluding carboxylic acids is 2. The molecule has 0 aromatic heterocycles. The molecule has 0 saturated heterocycles. The Kier molecular flexibility index (Phi) is 5.63. The summed E-state index contributed by atoms with van der Waals surface area (Å²) in [6, 6.07) is 11.5. The van der Waals surface area contributed by atoms with Crippen LogP contribution >= 0.6 is 23.2 Å². The number of amides is 2. The first-order valence-corrected chi connectivity index (χ1v) is 9.29. The Labute approximate surface area is 168 Å². The largest absolute Gasteiger partial charge is 0.497 e. The van der Waals surface area contributed by atoms with Crippen LogP contribution in [-0.2, 0) is 15.0 Å². The predicted molar refractivity (Wildman–Crippen MR) is 105 cm³/mol. The maximum absolute atomic E-state index is 13.1. The zero-order valence-corrected chi connectivity index (χ0v) is 16.5. The van der Waals surface area contributed by atoms with Gasteiger partial charge in [0.05, 0.1) is 22.6 Å². The van der Waals surface area contributed by atoms with E-state index in [1.54, 1.807) is 49.6 Å². The van der Waals surface area contributed by atoms with Gasteiger partial charge in [-0.25, -0.2) is 0 Å². The van der Waals surface area contributed by atoms with Gasteiger partial charge in [-0.05, 0) is 48.2 Å². The molecule has 2 amide bonds. The minimum atomic E-state index is -0.821. The molecule has 0 radical (unpaired) electrons. The average Bonchev–Trinajstić information content (AvgIpc) is 3.49. The van der Waals surface area contributed by atoms with E-state index in [1.165, 1.54) is 7.05 Å². The molecule has 7 heteroatoms. The molecule has 1 fully saturated rings. The number of methoxy groups -OCH3 is 1. The molecule has 5 nitrogen and oxygen atoms in total. The van der Waals surface area contributed by atoms with E-state index in [4.69, 9.17) is 27.9 Å². The molecule has 2 aromatic carbocycles. The number of ether oxygens (including phenoxy) is 1. The fourth-order valence-electron chi connectivity index (χ4n) is 3.10. The third-order valence-corrected chi connectivity index (χ3v) is 5.61. The van der Waals surface area contributed by atoms with E-state index in [0.717, 1.165) is 5.56 Å². The van der Waals surface area contributed by atoms with Crippen molar-refractivity contribution in [1.82, 2.24) is 10.6 Å². The lowest BCUT2D eigenvalue weighted by Crippen LogP contribution is -2.43. The van der Waals surface area contributed by atoms with Crippen LogP contribution in [0, 0.1) is 0 Å². The molecule has 2 N–H and O–H groups in total. The second-order valence-corrected chi connectivity index (χ2v) is 7.32. The fourth-order valence-corrected chi connectivity index (χ4v) is 3.40. The van der Waals surface area contributed by atoms with Crippen molar-refractivity contribution < 1.29 is 14.3 Å². The lowest BCUT2D eigenvalue weighted by atomic mass is 9.94. The van der Waals surface area contributed by atoms with Crippen LogP contribution in [0.2, 0.25) is 10.0 Å². The third kappa shape index (κ3) is 3.89. The van der Waals surface area contributed by atoms with Gasteiger partial charge in [0.2, 0.25) is 11.8 Å². The summed E-state index contributed by atoms with van der Waals surface area (Å²) in [4.78, 5) is 25.5. The highest BCUT2D eigenvalue weighted by atomic mass is 35.5. The summed E-state index contributed by atoms with van der Waals surface area (Å²) in [5.41, 5.74) is 0.766. The van der Waals surface area contributed by atoms with Crippen LogP contribution in [0.5, 0.6) is 5.75 Å². The van der Waals surface area contributed by atoms with Gasteiger partial charge in [0, 0.05) is 7.05 Å². The van der Waals surface area contributed by atoms with Crippen molar-refractivity contribution in [2.45, 2.75) is 24.3 Å². The lowest BCUT2D eigenvalue weighted by molar-refractivity contribution is -0.130. The van der Waals surface area contributed by atoms with Crippen molar-refractivity contribution in [2.24, 2.45) is 0 Å². The van der Waals surface area contributed by atoms with E-state index >= 15 is 0 Å². The van der Waals surface area contributed by atoms with E-state index in [9.17, 15) is 9.59 Å². The molecular formula is C20H20Cl2N2O3. The van der Waals surface area contributed by atoms with Gasteiger partial charge in [-0.3, -0.25) is 9.59 Å². The average molecular weight is 407 g/mol. The minimum absolute atomic E-state index is 0.211. The second-order valence-electron chi connectivity index (χ2n) is 6.51. The Hall–Kier alpha value is -2.24. The summed E-state index contributed by atoms with van der Waals surface area (Å²) < 4.78 is 5.23. The van der Waals surface area contributed by atoms with E-state index in [0.29, 0.717) is 34.2 Å². The molecule has 0 spiro atoms. The first-order chi connectivity index (χ1) is 12.9. The lowest BCUT2D eigenvalue weighted by Gasteiger charge is -2.22. The fraction of sp³-hybridized carbons (Fsp3) is 0.300. The Morgan fingerprint density at radius 3 is 2.44 bits per heavy atom. The highest BCUT2D eigenvalue weighted by molar-refractivity contribution is 6.42. The quantitative estimate of drug-likeness (QED) is 0.769. The third-order valence-electron chi connectivity index (χ3n) is 4.87. The normalized spacial score (nSPS) is 15.6. The molecule has 0 heterocycles. The van der Waals surface area contributed by atoms with Crippen LogP contribution in [0.3, 0.4) is 0 Å². The SMILES string of the molecule is CNC(=O)C(NC(=O)C1(c2ccc(Cl)c(Cl)c2)CC1)c1cccc(OC)c1. The number of halogens is 2. The molecular weight excluding hydrogens is 387 g/mol. The second kappa shape index (κ2) is 7.79. The molecule has 1 unspecified atom stereocenters. The van der Waals surface area contributed by atoms with E-state index in [1.807, 2.05) is 0 Å². The van der Waals surface area contributed by atoms with Crippen molar-refractivity contribution in [1.29, 1.82) is 0 Å². The van der Waals surface area contributed by atoms with E-state index < -0.39 is 11.5 Å². The molecule has 1 atom stereocenters. The van der Waals surface area contributed by atoms with Gasteiger partial charge in [-0.2, -0.15) is 0 Å². The van der Waals surface area contributed by atoms with Gasteiger partial charge < -0.3 is 15.4 Å². The molecule has 142 valence electrons. The molecule has 0 aliphatic heterocycles. The first kappa shape index (κ1) is 19.5. The predicted octanol–water partition coefficient (Wildman–Crippen LogP) is 3.64. The van der Waals surface area contributed by atoms with Crippen molar-refractivity contribution >= 4 is 35.0 Å². The van der Waals surface area contributed by atoms with Gasteiger partial charge in [0.1, 0.15) is 11.8 Å².